The summed E-state index contributed by atoms with van der Waals surface area (Å²) in [5.41, 5.74) is 2.35. The number of halogens is 1. The Morgan fingerprint density at radius 2 is 1.74 bits per heavy atom. The molecule has 0 aliphatic heterocycles. The lowest BCUT2D eigenvalue weighted by atomic mass is 10.1. The molecule has 2 N–H and O–H groups in total. The van der Waals surface area contributed by atoms with Crippen molar-refractivity contribution >= 4 is 23.4 Å². The molecular formula is C20H22ClN5O. The normalized spacial score (nSPS) is 10.4. The van der Waals surface area contributed by atoms with Gasteiger partial charge in [-0.1, -0.05) is 41.9 Å². The second-order valence-electron chi connectivity index (χ2n) is 5.96. The molecule has 0 aliphatic rings. The van der Waals surface area contributed by atoms with Gasteiger partial charge in [0, 0.05) is 18.1 Å². The van der Waals surface area contributed by atoms with Gasteiger partial charge in [0.15, 0.2) is 5.82 Å². The molecular weight excluding hydrogens is 362 g/mol. The third kappa shape index (κ3) is 5.82. The Morgan fingerprint density at radius 1 is 0.963 bits per heavy atom. The largest absolute Gasteiger partial charge is 0.496 e. The number of para-hydroxylation sites is 1. The van der Waals surface area contributed by atoms with Crippen LogP contribution in [0.4, 0.5) is 11.8 Å². The van der Waals surface area contributed by atoms with Crippen LogP contribution in [0.2, 0.25) is 5.02 Å². The molecule has 0 fully saturated rings. The van der Waals surface area contributed by atoms with E-state index in [9.17, 15) is 0 Å². The fraction of sp³-hybridized carbons (Fsp3) is 0.250. The van der Waals surface area contributed by atoms with E-state index in [4.69, 9.17) is 16.3 Å². The number of ether oxygens (including phenoxy) is 1. The van der Waals surface area contributed by atoms with Crippen LogP contribution in [0.3, 0.4) is 0 Å². The molecule has 0 saturated carbocycles. The number of aromatic nitrogens is 3. The van der Waals surface area contributed by atoms with Gasteiger partial charge in [0.1, 0.15) is 5.75 Å². The van der Waals surface area contributed by atoms with Crippen molar-refractivity contribution in [1.82, 2.24) is 15.2 Å². The van der Waals surface area contributed by atoms with E-state index in [2.05, 4.69) is 25.8 Å². The fourth-order valence-corrected chi connectivity index (χ4v) is 2.79. The van der Waals surface area contributed by atoms with Crippen LogP contribution < -0.4 is 15.4 Å². The molecule has 0 unspecified atom stereocenters. The lowest BCUT2D eigenvalue weighted by molar-refractivity contribution is 0.410. The van der Waals surface area contributed by atoms with Gasteiger partial charge in [0.2, 0.25) is 5.95 Å². The van der Waals surface area contributed by atoms with Crippen molar-refractivity contribution in [3.05, 3.63) is 70.9 Å². The molecule has 0 spiro atoms. The highest BCUT2D eigenvalue weighted by molar-refractivity contribution is 6.30. The molecule has 1 aromatic heterocycles. The van der Waals surface area contributed by atoms with Crippen LogP contribution in [-0.4, -0.2) is 35.4 Å². The Morgan fingerprint density at radius 3 is 2.56 bits per heavy atom. The number of rotatable bonds is 9. The number of anilines is 2. The lowest BCUT2D eigenvalue weighted by Crippen LogP contribution is -2.12. The number of hydrogen-bond acceptors (Lipinski definition) is 6. The molecule has 3 rings (SSSR count). The zero-order chi connectivity index (χ0) is 18.9. The maximum Gasteiger partial charge on any atom is 0.244 e. The molecule has 0 radical (unpaired) electrons. The fourth-order valence-electron chi connectivity index (χ4n) is 2.67. The maximum atomic E-state index is 5.90. The van der Waals surface area contributed by atoms with Crippen molar-refractivity contribution in [3.8, 4) is 5.75 Å². The van der Waals surface area contributed by atoms with Crippen molar-refractivity contribution in [2.75, 3.05) is 30.8 Å². The lowest BCUT2D eigenvalue weighted by Gasteiger charge is -2.10. The molecule has 0 bridgehead atoms. The third-order valence-electron chi connectivity index (χ3n) is 4.06. The molecule has 0 saturated heterocycles. The van der Waals surface area contributed by atoms with Crippen LogP contribution >= 0.6 is 11.6 Å². The summed E-state index contributed by atoms with van der Waals surface area (Å²) >= 11 is 5.90. The second kappa shape index (κ2) is 9.73. The van der Waals surface area contributed by atoms with Gasteiger partial charge in [-0.3, -0.25) is 0 Å². The van der Waals surface area contributed by atoms with E-state index in [1.165, 1.54) is 5.56 Å². The number of nitrogens with zero attached hydrogens (tertiary/aromatic N) is 3. The van der Waals surface area contributed by atoms with Crippen molar-refractivity contribution in [1.29, 1.82) is 0 Å². The van der Waals surface area contributed by atoms with E-state index >= 15 is 0 Å². The minimum atomic E-state index is 0.501. The Balaban J connectivity index is 1.47. The molecule has 7 heteroatoms. The SMILES string of the molecule is COc1ccccc1CCNc1nncc(NCCc2ccc(Cl)cc2)n1. The van der Waals surface area contributed by atoms with Gasteiger partial charge in [-0.05, 0) is 42.2 Å². The van der Waals surface area contributed by atoms with Gasteiger partial charge >= 0.3 is 0 Å². The van der Waals surface area contributed by atoms with Gasteiger partial charge in [0.05, 0.1) is 13.3 Å². The quantitative estimate of drug-likeness (QED) is 0.585. The number of nitrogens with one attached hydrogen (secondary N) is 2. The second-order valence-corrected chi connectivity index (χ2v) is 6.39. The smallest absolute Gasteiger partial charge is 0.244 e. The van der Waals surface area contributed by atoms with Gasteiger partial charge < -0.3 is 15.4 Å². The number of hydrogen-bond donors (Lipinski definition) is 2. The first-order valence-electron chi connectivity index (χ1n) is 8.78. The van der Waals surface area contributed by atoms with Crippen molar-refractivity contribution in [3.63, 3.8) is 0 Å². The Labute approximate surface area is 164 Å². The van der Waals surface area contributed by atoms with Crippen LogP contribution in [0.1, 0.15) is 11.1 Å². The van der Waals surface area contributed by atoms with Crippen molar-refractivity contribution in [2.45, 2.75) is 12.8 Å². The minimum absolute atomic E-state index is 0.501. The molecule has 0 aliphatic carbocycles. The summed E-state index contributed by atoms with van der Waals surface area (Å²) in [6, 6.07) is 15.8. The van der Waals surface area contributed by atoms with E-state index in [0.717, 1.165) is 35.7 Å². The molecule has 140 valence electrons. The highest BCUT2D eigenvalue weighted by Crippen LogP contribution is 2.17. The molecule has 27 heavy (non-hydrogen) atoms. The predicted octanol–water partition coefficient (Wildman–Crippen LogP) is 3.84. The summed E-state index contributed by atoms with van der Waals surface area (Å²) in [7, 11) is 1.68. The first-order chi connectivity index (χ1) is 13.2. The molecule has 1 heterocycles. The van der Waals surface area contributed by atoms with Crippen LogP contribution in [0.5, 0.6) is 5.75 Å². The van der Waals surface area contributed by atoms with Crippen molar-refractivity contribution in [2.24, 2.45) is 0 Å². The van der Waals surface area contributed by atoms with Crippen LogP contribution in [0, 0.1) is 0 Å². The van der Waals surface area contributed by atoms with E-state index in [1.54, 1.807) is 13.3 Å². The summed E-state index contributed by atoms with van der Waals surface area (Å²) in [6.45, 7) is 1.44. The van der Waals surface area contributed by atoms with Crippen molar-refractivity contribution < 1.29 is 4.74 Å². The van der Waals surface area contributed by atoms with Gasteiger partial charge in [0.25, 0.3) is 0 Å². The van der Waals surface area contributed by atoms with Crippen LogP contribution in [-0.2, 0) is 12.8 Å². The summed E-state index contributed by atoms with van der Waals surface area (Å²) in [5, 5.41) is 15.3. The van der Waals surface area contributed by atoms with Gasteiger partial charge in [-0.15, -0.1) is 5.10 Å². The minimum Gasteiger partial charge on any atom is -0.496 e. The standard InChI is InChI=1S/C20H22ClN5O/c1-27-18-5-3-2-4-16(18)11-13-23-20-25-19(14-24-26-20)22-12-10-15-6-8-17(21)9-7-15/h2-9,14H,10-13H2,1H3,(H2,22,23,25,26). The zero-order valence-corrected chi connectivity index (χ0v) is 15.9. The average molecular weight is 384 g/mol. The highest BCUT2D eigenvalue weighted by atomic mass is 35.5. The predicted molar refractivity (Wildman–Crippen MR) is 109 cm³/mol. The maximum absolute atomic E-state index is 5.90. The molecule has 0 amide bonds. The Hall–Kier alpha value is -2.86. The van der Waals surface area contributed by atoms with Crippen LogP contribution in [0.25, 0.3) is 0 Å². The van der Waals surface area contributed by atoms with E-state index < -0.39 is 0 Å². The van der Waals surface area contributed by atoms with E-state index in [0.29, 0.717) is 18.3 Å². The van der Waals surface area contributed by atoms with Gasteiger partial charge in [-0.25, -0.2) is 0 Å². The average Bonchev–Trinajstić information content (AvgIpc) is 2.70. The number of methoxy groups -OCH3 is 1. The molecule has 6 nitrogen and oxygen atoms in total. The van der Waals surface area contributed by atoms with E-state index in [-0.39, 0.29) is 0 Å². The first kappa shape index (κ1) is 18.9. The first-order valence-corrected chi connectivity index (χ1v) is 9.16. The molecule has 0 atom stereocenters. The summed E-state index contributed by atoms with van der Waals surface area (Å²) in [5.74, 6) is 2.08. The monoisotopic (exact) mass is 383 g/mol. The summed E-state index contributed by atoms with van der Waals surface area (Å²) < 4.78 is 5.37. The van der Waals surface area contributed by atoms with E-state index in [1.807, 2.05) is 48.5 Å². The summed E-state index contributed by atoms with van der Waals surface area (Å²) in [4.78, 5) is 4.44. The zero-order valence-electron chi connectivity index (χ0n) is 15.2. The third-order valence-corrected chi connectivity index (χ3v) is 4.31. The van der Waals surface area contributed by atoms with Gasteiger partial charge in [-0.2, -0.15) is 10.1 Å². The highest BCUT2D eigenvalue weighted by Gasteiger charge is 2.03. The molecule has 2 aromatic carbocycles. The summed E-state index contributed by atoms with van der Waals surface area (Å²) in [6.07, 6.45) is 3.30. The topological polar surface area (TPSA) is 72.0 Å². The molecule has 3 aromatic rings. The Bertz CT molecular complexity index is 857. The van der Waals surface area contributed by atoms with Crippen LogP contribution in [0.15, 0.2) is 54.7 Å². The Kier molecular flexibility index (Phi) is 6.82. The number of benzene rings is 2.